The summed E-state index contributed by atoms with van der Waals surface area (Å²) in [4.78, 5) is 4.80. The first-order chi connectivity index (χ1) is 20.0. The number of fused-ring (bicyclic) bond motifs is 6. The average Bonchev–Trinajstić information content (AvgIpc) is 3.50. The van der Waals surface area contributed by atoms with Gasteiger partial charge in [-0.15, -0.1) is 0 Å². The van der Waals surface area contributed by atoms with Crippen LogP contribution < -0.4 is 0 Å². The first kappa shape index (κ1) is 25.5. The molecule has 0 saturated heterocycles. The molecule has 41 heavy (non-hydrogen) atoms. The molecule has 1 heterocycles. The van der Waals surface area contributed by atoms with Gasteiger partial charge in [0.15, 0.2) is 0 Å². The summed E-state index contributed by atoms with van der Waals surface area (Å²) in [6, 6.07) is 31.4. The van der Waals surface area contributed by atoms with E-state index in [0.717, 1.165) is 24.2 Å². The van der Waals surface area contributed by atoms with E-state index >= 15 is 0 Å². The molecule has 0 radical (unpaired) electrons. The second kappa shape index (κ2) is 10.2. The number of aryl methyl sites for hydroxylation is 1. The highest BCUT2D eigenvalue weighted by Crippen LogP contribution is 2.41. The van der Waals surface area contributed by atoms with E-state index < -0.39 is 0 Å². The molecule has 2 heteroatoms. The van der Waals surface area contributed by atoms with E-state index in [2.05, 4.69) is 136 Å². The Balaban J connectivity index is 1.46. The molecule has 0 aliphatic heterocycles. The maximum atomic E-state index is 4.80. The summed E-state index contributed by atoms with van der Waals surface area (Å²) in [7, 11) is 0. The van der Waals surface area contributed by atoms with Crippen LogP contribution in [0.25, 0.3) is 55.8 Å². The van der Waals surface area contributed by atoms with Crippen molar-refractivity contribution in [3.05, 3.63) is 126 Å². The molecule has 0 amide bonds. The lowest BCUT2D eigenvalue weighted by atomic mass is 9.84. The van der Waals surface area contributed by atoms with E-state index in [1.165, 1.54) is 60.6 Å². The van der Waals surface area contributed by atoms with Crippen LogP contribution in [0.1, 0.15) is 68.2 Å². The minimum absolute atomic E-state index is 0.354. The third-order valence-corrected chi connectivity index (χ3v) is 8.68. The maximum absolute atomic E-state index is 4.80. The third kappa shape index (κ3) is 4.30. The Morgan fingerprint density at radius 1 is 0.659 bits per heavy atom. The number of aromatic nitrogens is 2. The van der Waals surface area contributed by atoms with E-state index in [0.29, 0.717) is 11.8 Å². The monoisotopic (exact) mass is 532 g/mol. The van der Waals surface area contributed by atoms with Gasteiger partial charge in [0.05, 0.1) is 5.69 Å². The minimum atomic E-state index is 0.354. The number of imidazole rings is 1. The minimum Gasteiger partial charge on any atom is -0.299 e. The summed E-state index contributed by atoms with van der Waals surface area (Å²) in [6.45, 7) is 9.22. The fourth-order valence-electron chi connectivity index (χ4n) is 6.65. The molecule has 0 unspecified atom stereocenters. The molecule has 0 bridgehead atoms. The maximum Gasteiger partial charge on any atom is 0.144 e. The molecule has 0 atom stereocenters. The number of rotatable bonds is 5. The second-order valence-electron chi connectivity index (χ2n) is 11.9. The molecule has 0 fully saturated rings. The van der Waals surface area contributed by atoms with Crippen molar-refractivity contribution in [2.75, 3.05) is 0 Å². The van der Waals surface area contributed by atoms with Crippen LogP contribution in [0.4, 0.5) is 0 Å². The molecule has 0 saturated carbocycles. The van der Waals surface area contributed by atoms with E-state index in [-0.39, 0.29) is 0 Å². The van der Waals surface area contributed by atoms with Crippen LogP contribution in [0, 0.1) is 0 Å². The van der Waals surface area contributed by atoms with Gasteiger partial charge < -0.3 is 0 Å². The van der Waals surface area contributed by atoms with Crippen LogP contribution in [-0.2, 0) is 6.42 Å². The van der Waals surface area contributed by atoms with Crippen LogP contribution in [-0.4, -0.2) is 9.55 Å². The highest BCUT2D eigenvalue weighted by molar-refractivity contribution is 6.14. The van der Waals surface area contributed by atoms with E-state index in [4.69, 9.17) is 4.98 Å². The van der Waals surface area contributed by atoms with Gasteiger partial charge in [-0.2, -0.15) is 0 Å². The molecule has 1 aromatic heterocycles. The Labute approximate surface area is 243 Å². The summed E-state index contributed by atoms with van der Waals surface area (Å²) in [6.07, 6.45) is 10.9. The molecule has 202 valence electrons. The molecule has 6 aromatic rings. The number of benzene rings is 5. The SMILES string of the molecule is CC(C)c1cc(-c2ccc3c4c(c5ccccc5c3c2)CCC=C4)cc(C(C)C)c1-n1ccnc1-c1ccccc1. The first-order valence-electron chi connectivity index (χ1n) is 14.9. The zero-order chi connectivity index (χ0) is 28.1. The van der Waals surface area contributed by atoms with Crippen LogP contribution in [0.2, 0.25) is 0 Å². The summed E-state index contributed by atoms with van der Waals surface area (Å²) in [5.74, 6) is 1.69. The number of hydrogen-bond acceptors (Lipinski definition) is 1. The zero-order valence-electron chi connectivity index (χ0n) is 24.4. The lowest BCUT2D eigenvalue weighted by molar-refractivity contribution is 0.807. The lowest BCUT2D eigenvalue weighted by Gasteiger charge is -2.24. The zero-order valence-corrected chi connectivity index (χ0v) is 24.4. The highest BCUT2D eigenvalue weighted by atomic mass is 15.1. The van der Waals surface area contributed by atoms with Gasteiger partial charge in [0, 0.05) is 18.0 Å². The highest BCUT2D eigenvalue weighted by Gasteiger charge is 2.21. The molecule has 1 aliphatic carbocycles. The molecule has 0 N–H and O–H groups in total. The Bertz CT molecular complexity index is 1910. The van der Waals surface area contributed by atoms with Crippen molar-refractivity contribution in [1.29, 1.82) is 0 Å². The quantitative estimate of drug-likeness (QED) is 0.202. The Morgan fingerprint density at radius 3 is 2.10 bits per heavy atom. The topological polar surface area (TPSA) is 17.8 Å². The second-order valence-corrected chi connectivity index (χ2v) is 11.9. The standard InChI is InChI=1S/C39H36N2/c1-25(2)35-23-29(24-36(26(3)4)38(35)41-21-20-40-39(41)27-12-6-5-7-13-27)28-18-19-34-32-16-9-8-14-30(32)31-15-10-11-17-33(31)37(34)22-28/h5-7,9-13,15-26H,8,14H2,1-4H3. The van der Waals surface area contributed by atoms with Gasteiger partial charge >= 0.3 is 0 Å². The van der Waals surface area contributed by atoms with Crippen LogP contribution in [0.15, 0.2) is 103 Å². The molecule has 7 rings (SSSR count). The smallest absolute Gasteiger partial charge is 0.144 e. The number of nitrogens with zero attached hydrogens (tertiary/aromatic N) is 2. The van der Waals surface area contributed by atoms with Gasteiger partial charge in [0.2, 0.25) is 0 Å². The Kier molecular flexibility index (Phi) is 6.35. The first-order valence-corrected chi connectivity index (χ1v) is 14.9. The predicted octanol–water partition coefficient (Wildman–Crippen LogP) is 10.7. The van der Waals surface area contributed by atoms with Crippen molar-refractivity contribution in [2.45, 2.75) is 52.4 Å². The molecule has 1 aliphatic rings. The Morgan fingerprint density at radius 2 is 1.37 bits per heavy atom. The summed E-state index contributed by atoms with van der Waals surface area (Å²) >= 11 is 0. The van der Waals surface area contributed by atoms with Crippen molar-refractivity contribution in [3.63, 3.8) is 0 Å². The van der Waals surface area contributed by atoms with Crippen LogP contribution in [0.3, 0.4) is 0 Å². The summed E-state index contributed by atoms with van der Waals surface area (Å²) < 4.78 is 2.30. The summed E-state index contributed by atoms with van der Waals surface area (Å²) in [5.41, 5.74) is 10.5. The van der Waals surface area contributed by atoms with Crippen molar-refractivity contribution in [3.8, 4) is 28.2 Å². The average molecular weight is 533 g/mol. The molecule has 0 spiro atoms. The van der Waals surface area contributed by atoms with Crippen molar-refractivity contribution >= 4 is 27.6 Å². The summed E-state index contributed by atoms with van der Waals surface area (Å²) in [5, 5.41) is 5.44. The van der Waals surface area contributed by atoms with Gasteiger partial charge in [-0.05, 0) is 97.8 Å². The third-order valence-electron chi connectivity index (χ3n) is 8.68. The lowest BCUT2D eigenvalue weighted by Crippen LogP contribution is -2.08. The van der Waals surface area contributed by atoms with E-state index in [1.54, 1.807) is 0 Å². The van der Waals surface area contributed by atoms with Gasteiger partial charge in [-0.1, -0.05) is 107 Å². The molecular formula is C39H36N2. The van der Waals surface area contributed by atoms with Crippen molar-refractivity contribution in [2.24, 2.45) is 0 Å². The normalized spacial score (nSPS) is 13.0. The predicted molar refractivity (Wildman–Crippen MR) is 175 cm³/mol. The van der Waals surface area contributed by atoms with Crippen molar-refractivity contribution in [1.82, 2.24) is 9.55 Å². The number of allylic oxidation sites excluding steroid dienone is 1. The van der Waals surface area contributed by atoms with Crippen molar-refractivity contribution < 1.29 is 0 Å². The van der Waals surface area contributed by atoms with E-state index in [1.807, 2.05) is 6.20 Å². The molecule has 2 nitrogen and oxygen atoms in total. The van der Waals surface area contributed by atoms with Gasteiger partial charge in [0.1, 0.15) is 5.82 Å². The Hall–Kier alpha value is -4.43. The van der Waals surface area contributed by atoms with Crippen LogP contribution in [0.5, 0.6) is 0 Å². The van der Waals surface area contributed by atoms with Gasteiger partial charge in [-0.3, -0.25) is 4.57 Å². The fourth-order valence-corrected chi connectivity index (χ4v) is 6.65. The van der Waals surface area contributed by atoms with Gasteiger partial charge in [0.25, 0.3) is 0 Å². The number of hydrogen-bond donors (Lipinski definition) is 0. The molecular weight excluding hydrogens is 496 g/mol. The van der Waals surface area contributed by atoms with E-state index in [9.17, 15) is 0 Å². The largest absolute Gasteiger partial charge is 0.299 e. The molecule has 5 aromatic carbocycles. The van der Waals surface area contributed by atoms with Crippen LogP contribution >= 0.6 is 0 Å². The fraction of sp³-hybridized carbons (Fsp3) is 0.205. The van der Waals surface area contributed by atoms with Gasteiger partial charge in [-0.25, -0.2) is 4.98 Å².